The summed E-state index contributed by atoms with van der Waals surface area (Å²) in [5.74, 6) is 0.948. The van der Waals surface area contributed by atoms with E-state index in [0.717, 1.165) is 5.82 Å². The van der Waals surface area contributed by atoms with Gasteiger partial charge in [-0.2, -0.15) is 5.26 Å². The number of thioether (sulfide) groups is 1. The van der Waals surface area contributed by atoms with Crippen molar-refractivity contribution in [1.82, 2.24) is 20.1 Å². The van der Waals surface area contributed by atoms with Crippen LogP contribution >= 0.6 is 11.8 Å². The van der Waals surface area contributed by atoms with E-state index in [0.29, 0.717) is 24.7 Å². The minimum absolute atomic E-state index is 0.110. The second-order valence-electron chi connectivity index (χ2n) is 3.48. The van der Waals surface area contributed by atoms with Gasteiger partial charge in [0.25, 0.3) is 0 Å². The van der Waals surface area contributed by atoms with Gasteiger partial charge in [0.2, 0.25) is 5.91 Å². The number of nitrogens with one attached hydrogen (secondary N) is 1. The minimum atomic E-state index is -0.110. The smallest absolute Gasteiger partial charge is 0.230 e. The Morgan fingerprint density at radius 2 is 2.44 bits per heavy atom. The molecule has 1 heterocycles. The zero-order valence-corrected chi connectivity index (χ0v) is 11.0. The molecule has 6 nitrogen and oxygen atoms in total. The van der Waals surface area contributed by atoms with Crippen molar-refractivity contribution in [1.29, 1.82) is 5.26 Å². The standard InChI is InChI=1S/C11H15N5OS/c1-3-7-16-9(2)14-15-11(16)18-8-10(17)13-6-4-5-12/h3H,1,4,6-8H2,2H3,(H,13,17). The van der Waals surface area contributed by atoms with Gasteiger partial charge in [-0.3, -0.25) is 4.79 Å². The third-order valence-corrected chi connectivity index (χ3v) is 3.07. The number of nitriles is 1. The molecule has 1 N–H and O–H groups in total. The first-order valence-electron chi connectivity index (χ1n) is 5.46. The molecule has 0 spiro atoms. The largest absolute Gasteiger partial charge is 0.354 e. The van der Waals surface area contributed by atoms with Crippen molar-refractivity contribution in [2.24, 2.45) is 0 Å². The molecule has 0 saturated heterocycles. The highest BCUT2D eigenvalue weighted by Gasteiger charge is 2.10. The Morgan fingerprint density at radius 3 is 3.11 bits per heavy atom. The van der Waals surface area contributed by atoms with Crippen molar-refractivity contribution in [2.45, 2.75) is 25.0 Å². The summed E-state index contributed by atoms with van der Waals surface area (Å²) in [6, 6.07) is 1.97. The second kappa shape index (κ2) is 7.50. The van der Waals surface area contributed by atoms with Crippen LogP contribution in [0, 0.1) is 18.3 Å². The van der Waals surface area contributed by atoms with E-state index in [1.807, 2.05) is 17.6 Å². The molecule has 1 aromatic rings. The first-order valence-corrected chi connectivity index (χ1v) is 6.44. The highest BCUT2D eigenvalue weighted by molar-refractivity contribution is 7.99. The molecule has 0 aliphatic carbocycles. The van der Waals surface area contributed by atoms with E-state index < -0.39 is 0 Å². The Bertz CT molecular complexity index is 462. The van der Waals surface area contributed by atoms with Gasteiger partial charge in [0.1, 0.15) is 5.82 Å². The number of carbonyl (C=O) groups is 1. The second-order valence-corrected chi connectivity index (χ2v) is 4.42. The Morgan fingerprint density at radius 1 is 1.67 bits per heavy atom. The lowest BCUT2D eigenvalue weighted by molar-refractivity contribution is -0.118. The third-order valence-electron chi connectivity index (χ3n) is 2.10. The van der Waals surface area contributed by atoms with Crippen molar-refractivity contribution >= 4 is 17.7 Å². The quantitative estimate of drug-likeness (QED) is 0.450. The lowest BCUT2D eigenvalue weighted by Crippen LogP contribution is -2.26. The van der Waals surface area contributed by atoms with Gasteiger partial charge in [0.05, 0.1) is 18.2 Å². The maximum atomic E-state index is 11.4. The Labute approximate surface area is 110 Å². The zero-order valence-electron chi connectivity index (χ0n) is 10.2. The maximum absolute atomic E-state index is 11.4. The van der Waals surface area contributed by atoms with Crippen molar-refractivity contribution < 1.29 is 4.79 Å². The summed E-state index contributed by atoms with van der Waals surface area (Å²) in [5.41, 5.74) is 0. The monoisotopic (exact) mass is 265 g/mol. The molecule has 0 radical (unpaired) electrons. The van der Waals surface area contributed by atoms with Crippen LogP contribution in [0.1, 0.15) is 12.2 Å². The number of allylic oxidation sites excluding steroid dienone is 1. The zero-order chi connectivity index (χ0) is 13.4. The Balaban J connectivity index is 2.46. The van der Waals surface area contributed by atoms with Crippen LogP contribution in [0.25, 0.3) is 0 Å². The van der Waals surface area contributed by atoms with E-state index in [1.165, 1.54) is 11.8 Å². The molecule has 0 unspecified atom stereocenters. The summed E-state index contributed by atoms with van der Waals surface area (Å²) < 4.78 is 1.89. The first kappa shape index (κ1) is 14.3. The van der Waals surface area contributed by atoms with E-state index in [-0.39, 0.29) is 11.7 Å². The third kappa shape index (κ3) is 4.22. The van der Waals surface area contributed by atoms with E-state index in [4.69, 9.17) is 5.26 Å². The molecule has 0 fully saturated rings. The molecule has 0 aliphatic rings. The van der Waals surface area contributed by atoms with Gasteiger partial charge in [-0.15, -0.1) is 16.8 Å². The van der Waals surface area contributed by atoms with Crippen molar-refractivity contribution in [3.63, 3.8) is 0 Å². The topological polar surface area (TPSA) is 83.6 Å². The number of hydrogen-bond acceptors (Lipinski definition) is 5. The molecule has 1 aromatic heterocycles. The lowest BCUT2D eigenvalue weighted by Gasteiger charge is -2.05. The van der Waals surface area contributed by atoms with Crippen LogP contribution in [0.5, 0.6) is 0 Å². The average molecular weight is 265 g/mol. The minimum Gasteiger partial charge on any atom is -0.354 e. The summed E-state index contributed by atoms with van der Waals surface area (Å²) >= 11 is 1.32. The SMILES string of the molecule is C=CCn1c(C)nnc1SCC(=O)NCCC#N. The van der Waals surface area contributed by atoms with Crippen LogP contribution in [0.3, 0.4) is 0 Å². The number of aromatic nitrogens is 3. The van der Waals surface area contributed by atoms with Gasteiger partial charge >= 0.3 is 0 Å². The van der Waals surface area contributed by atoms with Crippen LogP contribution < -0.4 is 5.32 Å². The summed E-state index contributed by atoms with van der Waals surface area (Å²) in [7, 11) is 0. The van der Waals surface area contributed by atoms with E-state index in [1.54, 1.807) is 6.08 Å². The summed E-state index contributed by atoms with van der Waals surface area (Å²) in [6.45, 7) is 6.53. The van der Waals surface area contributed by atoms with Gasteiger partial charge < -0.3 is 9.88 Å². The van der Waals surface area contributed by atoms with Gasteiger partial charge in [-0.1, -0.05) is 17.8 Å². The summed E-state index contributed by atoms with van der Waals surface area (Å²) in [6.07, 6.45) is 2.08. The molecule has 96 valence electrons. The van der Waals surface area contributed by atoms with Crippen molar-refractivity contribution in [3.05, 3.63) is 18.5 Å². The molecule has 18 heavy (non-hydrogen) atoms. The molecular formula is C11H15N5OS. The van der Waals surface area contributed by atoms with Crippen LogP contribution in [-0.4, -0.2) is 33.0 Å². The first-order chi connectivity index (χ1) is 8.69. The number of amides is 1. The van der Waals surface area contributed by atoms with E-state index in [2.05, 4.69) is 22.1 Å². The number of carbonyl (C=O) groups excluding carboxylic acids is 1. The highest BCUT2D eigenvalue weighted by Crippen LogP contribution is 2.16. The van der Waals surface area contributed by atoms with Gasteiger partial charge in [0, 0.05) is 13.1 Å². The normalized spacial score (nSPS) is 9.78. The molecule has 1 rings (SSSR count). The fourth-order valence-electron chi connectivity index (χ4n) is 1.25. The van der Waals surface area contributed by atoms with Crippen LogP contribution in [0.15, 0.2) is 17.8 Å². The molecule has 0 saturated carbocycles. The fourth-order valence-corrected chi connectivity index (χ4v) is 2.07. The predicted octanol–water partition coefficient (Wildman–Crippen LogP) is 0.895. The van der Waals surface area contributed by atoms with Crippen LogP contribution in [0.4, 0.5) is 0 Å². The molecule has 7 heteroatoms. The number of rotatable bonds is 7. The van der Waals surface area contributed by atoms with Crippen LogP contribution in [-0.2, 0) is 11.3 Å². The summed E-state index contributed by atoms with van der Waals surface area (Å²) in [4.78, 5) is 11.4. The molecule has 1 amide bonds. The van der Waals surface area contributed by atoms with Crippen LogP contribution in [0.2, 0.25) is 0 Å². The maximum Gasteiger partial charge on any atom is 0.230 e. The Kier molecular flexibility index (Phi) is 5.94. The number of hydrogen-bond donors (Lipinski definition) is 1. The number of aryl methyl sites for hydroxylation is 1. The molecule has 0 aliphatic heterocycles. The average Bonchev–Trinajstić information content (AvgIpc) is 2.69. The summed E-state index contributed by atoms with van der Waals surface area (Å²) in [5, 5.41) is 19.7. The fraction of sp³-hybridized carbons (Fsp3) is 0.455. The van der Waals surface area contributed by atoms with Crippen molar-refractivity contribution in [3.8, 4) is 6.07 Å². The van der Waals surface area contributed by atoms with E-state index >= 15 is 0 Å². The molecule has 0 atom stereocenters. The molecule has 0 bridgehead atoms. The highest BCUT2D eigenvalue weighted by atomic mass is 32.2. The van der Waals surface area contributed by atoms with Gasteiger partial charge in [-0.05, 0) is 6.92 Å². The molecular weight excluding hydrogens is 250 g/mol. The lowest BCUT2D eigenvalue weighted by atomic mass is 10.4. The molecule has 0 aromatic carbocycles. The predicted molar refractivity (Wildman–Crippen MR) is 68.9 cm³/mol. The van der Waals surface area contributed by atoms with Gasteiger partial charge in [-0.25, -0.2) is 0 Å². The number of nitrogens with zero attached hydrogens (tertiary/aromatic N) is 4. The van der Waals surface area contributed by atoms with Gasteiger partial charge in [0.15, 0.2) is 5.16 Å². The van der Waals surface area contributed by atoms with E-state index in [9.17, 15) is 4.79 Å². The Hall–Kier alpha value is -1.81. The van der Waals surface area contributed by atoms with Crippen molar-refractivity contribution in [2.75, 3.05) is 12.3 Å².